The number of thioether (sulfide) groups is 1. The number of hydrogen-bond acceptors (Lipinski definition) is 2. The van der Waals surface area contributed by atoms with Crippen molar-refractivity contribution in [2.45, 2.75) is 38.5 Å². The van der Waals surface area contributed by atoms with E-state index < -0.39 is 0 Å². The Morgan fingerprint density at radius 3 is 2.80 bits per heavy atom. The highest BCUT2D eigenvalue weighted by Gasteiger charge is 2.12. The molecular weight excluding hydrogens is 288 g/mol. The summed E-state index contributed by atoms with van der Waals surface area (Å²) in [6.07, 6.45) is 2.52. The van der Waals surface area contributed by atoms with E-state index >= 15 is 0 Å². The van der Waals surface area contributed by atoms with Crippen LogP contribution < -0.4 is 0 Å². The van der Waals surface area contributed by atoms with Crippen LogP contribution in [0, 0.1) is 18.8 Å². The molecule has 1 aromatic heterocycles. The Hall–Kier alpha value is 0.0900. The van der Waals surface area contributed by atoms with Crippen molar-refractivity contribution in [3.05, 3.63) is 14.2 Å². The fourth-order valence-electron chi connectivity index (χ4n) is 1.15. The molecule has 1 rings (SSSR count). The molecule has 0 bridgehead atoms. The number of unbranched alkanes of at least 4 members (excludes halogenated alkanes) is 1. The van der Waals surface area contributed by atoms with Gasteiger partial charge in [0.15, 0.2) is 0 Å². The van der Waals surface area contributed by atoms with Crippen LogP contribution in [0.5, 0.6) is 0 Å². The van der Waals surface area contributed by atoms with E-state index in [2.05, 4.69) is 41.6 Å². The van der Waals surface area contributed by atoms with Crippen molar-refractivity contribution in [2.24, 2.45) is 0 Å². The fraction of sp³-hybridized carbons (Fsp3) is 0.500. The van der Waals surface area contributed by atoms with E-state index in [0.29, 0.717) is 0 Å². The minimum Gasteiger partial charge on any atom is -0.130 e. The molecule has 1 aromatic rings. The highest BCUT2D eigenvalue weighted by molar-refractivity contribution is 9.10. The van der Waals surface area contributed by atoms with Gasteiger partial charge in [-0.25, -0.2) is 0 Å². The Morgan fingerprint density at radius 1 is 1.47 bits per heavy atom. The van der Waals surface area contributed by atoms with E-state index in [1.54, 1.807) is 11.3 Å². The van der Waals surface area contributed by atoms with E-state index in [1.807, 2.05) is 18.7 Å². The summed E-state index contributed by atoms with van der Waals surface area (Å²) in [4.78, 5) is 3.87. The second-order valence-electron chi connectivity index (χ2n) is 3.21. The van der Waals surface area contributed by atoms with Crippen LogP contribution in [0.2, 0.25) is 0 Å². The second-order valence-corrected chi connectivity index (χ2v) is 6.33. The van der Waals surface area contributed by atoms with Crippen molar-refractivity contribution in [1.82, 2.24) is 0 Å². The SMILES string of the molecule is CC#Cc1sc(C)c(Br)c1SCCCC. The van der Waals surface area contributed by atoms with Crippen molar-refractivity contribution in [2.75, 3.05) is 5.75 Å². The maximum absolute atomic E-state index is 3.64. The van der Waals surface area contributed by atoms with Gasteiger partial charge >= 0.3 is 0 Å². The molecule has 0 radical (unpaired) electrons. The zero-order valence-electron chi connectivity index (χ0n) is 9.32. The molecule has 0 aliphatic carbocycles. The van der Waals surface area contributed by atoms with Crippen LogP contribution in [0.4, 0.5) is 0 Å². The summed E-state index contributed by atoms with van der Waals surface area (Å²) in [5.74, 6) is 7.35. The Morgan fingerprint density at radius 2 is 2.20 bits per heavy atom. The van der Waals surface area contributed by atoms with Gasteiger partial charge in [-0.05, 0) is 42.0 Å². The summed E-state index contributed by atoms with van der Waals surface area (Å²) in [7, 11) is 0. The molecule has 1 heterocycles. The van der Waals surface area contributed by atoms with Gasteiger partial charge in [0.2, 0.25) is 0 Å². The predicted octanol–water partition coefficient (Wildman–Crippen LogP) is 5.08. The summed E-state index contributed by atoms with van der Waals surface area (Å²) < 4.78 is 1.24. The second kappa shape index (κ2) is 6.62. The standard InChI is InChI=1S/C12H15BrS2/c1-4-6-8-14-12-10(7-5-2)15-9(3)11(12)13/h4,6,8H2,1-3H3. The molecule has 0 unspecified atom stereocenters. The average Bonchev–Trinajstić information content (AvgIpc) is 2.47. The van der Waals surface area contributed by atoms with Crippen molar-refractivity contribution in [1.29, 1.82) is 0 Å². The first-order valence-corrected chi connectivity index (χ1v) is 7.64. The number of rotatable bonds is 4. The molecule has 0 saturated heterocycles. The summed E-state index contributed by atoms with van der Waals surface area (Å²) in [5.41, 5.74) is 0. The van der Waals surface area contributed by atoms with Gasteiger partial charge in [-0.3, -0.25) is 0 Å². The van der Waals surface area contributed by atoms with Gasteiger partial charge in [0.1, 0.15) is 0 Å². The number of halogens is 1. The summed E-state index contributed by atoms with van der Waals surface area (Å²) in [5, 5.41) is 0. The highest BCUT2D eigenvalue weighted by Crippen LogP contribution is 2.39. The van der Waals surface area contributed by atoms with Gasteiger partial charge in [-0.2, -0.15) is 0 Å². The molecule has 0 aliphatic heterocycles. The van der Waals surface area contributed by atoms with Crippen molar-refractivity contribution < 1.29 is 0 Å². The Bertz CT molecular complexity index is 382. The van der Waals surface area contributed by atoms with E-state index in [0.717, 1.165) is 0 Å². The van der Waals surface area contributed by atoms with Gasteiger partial charge in [0.05, 0.1) is 4.88 Å². The zero-order chi connectivity index (χ0) is 11.3. The van der Waals surface area contributed by atoms with E-state index in [1.165, 1.54) is 37.7 Å². The van der Waals surface area contributed by atoms with E-state index in [4.69, 9.17) is 0 Å². The molecule has 0 nitrogen and oxygen atoms in total. The largest absolute Gasteiger partial charge is 0.130 e. The molecule has 0 amide bonds. The average molecular weight is 303 g/mol. The molecule has 0 aromatic carbocycles. The van der Waals surface area contributed by atoms with Gasteiger partial charge in [0.25, 0.3) is 0 Å². The van der Waals surface area contributed by atoms with Crippen LogP contribution in [0.15, 0.2) is 9.37 Å². The lowest BCUT2D eigenvalue weighted by molar-refractivity contribution is 0.896. The maximum atomic E-state index is 3.64. The highest BCUT2D eigenvalue weighted by atomic mass is 79.9. The molecule has 0 fully saturated rings. The molecule has 0 saturated carbocycles. The Labute approximate surface area is 109 Å². The minimum atomic E-state index is 1.18. The summed E-state index contributed by atoms with van der Waals surface area (Å²) in [6.45, 7) is 6.25. The summed E-state index contributed by atoms with van der Waals surface area (Å²) >= 11 is 7.35. The van der Waals surface area contributed by atoms with Crippen LogP contribution in [0.1, 0.15) is 36.4 Å². The van der Waals surface area contributed by atoms with Crippen LogP contribution in [0.3, 0.4) is 0 Å². The minimum absolute atomic E-state index is 1.18. The molecule has 15 heavy (non-hydrogen) atoms. The number of hydrogen-bond donors (Lipinski definition) is 0. The molecule has 0 spiro atoms. The first-order valence-electron chi connectivity index (χ1n) is 5.05. The number of aryl methyl sites for hydroxylation is 1. The van der Waals surface area contributed by atoms with Crippen molar-refractivity contribution in [3.63, 3.8) is 0 Å². The normalized spacial score (nSPS) is 9.87. The maximum Gasteiger partial charge on any atom is 0.0918 e. The van der Waals surface area contributed by atoms with Crippen molar-refractivity contribution >= 4 is 39.0 Å². The van der Waals surface area contributed by atoms with Gasteiger partial charge in [-0.15, -0.1) is 29.0 Å². The van der Waals surface area contributed by atoms with E-state index in [-0.39, 0.29) is 0 Å². The van der Waals surface area contributed by atoms with Gasteiger partial charge in [-0.1, -0.05) is 19.3 Å². The molecular formula is C12H15BrS2. The molecule has 82 valence electrons. The third kappa shape index (κ3) is 3.55. The summed E-state index contributed by atoms with van der Waals surface area (Å²) in [6, 6.07) is 0. The lowest BCUT2D eigenvalue weighted by Crippen LogP contribution is -1.80. The Balaban J connectivity index is 2.86. The van der Waals surface area contributed by atoms with Crippen LogP contribution in [-0.4, -0.2) is 5.75 Å². The predicted molar refractivity (Wildman–Crippen MR) is 74.9 cm³/mol. The van der Waals surface area contributed by atoms with Gasteiger partial charge in [0, 0.05) is 14.2 Å². The lowest BCUT2D eigenvalue weighted by atomic mass is 10.4. The van der Waals surface area contributed by atoms with Crippen LogP contribution >= 0.6 is 39.0 Å². The van der Waals surface area contributed by atoms with Crippen LogP contribution in [0.25, 0.3) is 0 Å². The van der Waals surface area contributed by atoms with Crippen LogP contribution in [-0.2, 0) is 0 Å². The Kier molecular flexibility index (Phi) is 5.81. The molecule has 3 heteroatoms. The first-order chi connectivity index (χ1) is 7.20. The quantitative estimate of drug-likeness (QED) is 0.424. The molecule has 0 atom stereocenters. The van der Waals surface area contributed by atoms with E-state index in [9.17, 15) is 0 Å². The third-order valence-electron chi connectivity index (χ3n) is 1.95. The fourth-order valence-corrected chi connectivity index (χ4v) is 4.37. The topological polar surface area (TPSA) is 0 Å². The first kappa shape index (κ1) is 13.2. The number of thiophene rings is 1. The smallest absolute Gasteiger partial charge is 0.0918 e. The third-order valence-corrected chi connectivity index (χ3v) is 5.81. The lowest BCUT2D eigenvalue weighted by Gasteiger charge is -1.99. The monoisotopic (exact) mass is 302 g/mol. The molecule has 0 aliphatic rings. The van der Waals surface area contributed by atoms with Crippen molar-refractivity contribution in [3.8, 4) is 11.8 Å². The zero-order valence-corrected chi connectivity index (χ0v) is 12.5. The molecule has 0 N–H and O–H groups in total. The van der Waals surface area contributed by atoms with Gasteiger partial charge < -0.3 is 0 Å².